The molecule has 0 aliphatic carbocycles. The Bertz CT molecular complexity index is 147. The third kappa shape index (κ3) is 19.9. The lowest BCUT2D eigenvalue weighted by atomic mass is 10.2. The van der Waals surface area contributed by atoms with Crippen molar-refractivity contribution < 1.29 is 9.53 Å². The van der Waals surface area contributed by atoms with Crippen molar-refractivity contribution in [3.05, 3.63) is 12.7 Å². The zero-order chi connectivity index (χ0) is 11.9. The number of carbonyl (C=O) groups excluding carboxylic acids is 1. The number of hydrogen-bond donors (Lipinski definition) is 0. The van der Waals surface area contributed by atoms with Crippen LogP contribution in [0.2, 0.25) is 0 Å². The highest BCUT2D eigenvalue weighted by molar-refractivity contribution is 7.35. The van der Waals surface area contributed by atoms with E-state index in [0.29, 0.717) is 13.0 Å². The van der Waals surface area contributed by atoms with Crippen molar-refractivity contribution in [3.8, 4) is 0 Å². The standard InChI is InChI=1S/C10H18O2.C2H7P/c1-3-5-6-7-8-10(11)12-9-4-2;1-3-2/h4H,2-3,5-9H2,1H3;3H,1-2H3. The molecular formula is C12H25O2P. The minimum absolute atomic E-state index is 0.106. The molecule has 0 fully saturated rings. The summed E-state index contributed by atoms with van der Waals surface area (Å²) in [5, 5.41) is 0. The first-order valence-electron chi connectivity index (χ1n) is 5.57. The fraction of sp³-hybridized carbons (Fsp3) is 0.750. The highest BCUT2D eigenvalue weighted by Crippen LogP contribution is 2.03. The van der Waals surface area contributed by atoms with E-state index in [9.17, 15) is 4.79 Å². The molecular weight excluding hydrogens is 207 g/mol. The van der Waals surface area contributed by atoms with Crippen molar-refractivity contribution in [2.75, 3.05) is 19.9 Å². The molecule has 0 aliphatic rings. The largest absolute Gasteiger partial charge is 0.461 e. The molecule has 0 aromatic heterocycles. The Morgan fingerprint density at radius 3 is 2.40 bits per heavy atom. The van der Waals surface area contributed by atoms with Gasteiger partial charge in [-0.2, -0.15) is 0 Å². The smallest absolute Gasteiger partial charge is 0.306 e. The van der Waals surface area contributed by atoms with Crippen LogP contribution in [0.5, 0.6) is 0 Å². The predicted molar refractivity (Wildman–Crippen MR) is 70.1 cm³/mol. The van der Waals surface area contributed by atoms with Crippen molar-refractivity contribution in [1.82, 2.24) is 0 Å². The first kappa shape index (κ1) is 17.0. The third-order valence-corrected chi connectivity index (χ3v) is 1.60. The Labute approximate surface area is 96.3 Å². The molecule has 0 aromatic rings. The van der Waals surface area contributed by atoms with Crippen LogP contribution in [0.15, 0.2) is 12.7 Å². The summed E-state index contributed by atoms with van der Waals surface area (Å²) >= 11 is 0. The van der Waals surface area contributed by atoms with Crippen molar-refractivity contribution in [2.24, 2.45) is 0 Å². The second-order valence-electron chi connectivity index (χ2n) is 3.28. The van der Waals surface area contributed by atoms with Gasteiger partial charge in [-0.3, -0.25) is 4.79 Å². The number of unbranched alkanes of at least 4 members (excludes halogenated alkanes) is 3. The van der Waals surface area contributed by atoms with E-state index in [0.717, 1.165) is 21.4 Å². The van der Waals surface area contributed by atoms with Gasteiger partial charge < -0.3 is 4.74 Å². The maximum absolute atomic E-state index is 10.9. The number of carbonyl (C=O) groups is 1. The highest BCUT2D eigenvalue weighted by atomic mass is 31.1. The Morgan fingerprint density at radius 2 is 1.93 bits per heavy atom. The van der Waals surface area contributed by atoms with Gasteiger partial charge >= 0.3 is 5.97 Å². The Hall–Kier alpha value is -0.360. The molecule has 2 nitrogen and oxygen atoms in total. The molecule has 3 heteroatoms. The van der Waals surface area contributed by atoms with Crippen LogP contribution < -0.4 is 0 Å². The Morgan fingerprint density at radius 1 is 1.33 bits per heavy atom. The summed E-state index contributed by atoms with van der Waals surface area (Å²) in [6, 6.07) is 0. The normalized spacial score (nSPS) is 8.73. The van der Waals surface area contributed by atoms with E-state index in [1.807, 2.05) is 0 Å². The topological polar surface area (TPSA) is 26.3 Å². The minimum Gasteiger partial charge on any atom is -0.461 e. The average molecular weight is 232 g/mol. The van der Waals surface area contributed by atoms with Crippen LogP contribution in [0.4, 0.5) is 0 Å². The molecule has 0 heterocycles. The molecule has 0 amide bonds. The monoisotopic (exact) mass is 232 g/mol. The van der Waals surface area contributed by atoms with Crippen LogP contribution in [-0.2, 0) is 9.53 Å². The average Bonchev–Trinajstić information content (AvgIpc) is 2.23. The molecule has 0 rings (SSSR count). The van der Waals surface area contributed by atoms with Gasteiger partial charge in [-0.1, -0.05) is 38.8 Å². The lowest BCUT2D eigenvalue weighted by molar-refractivity contribution is -0.142. The first-order valence-corrected chi connectivity index (χ1v) is 7.57. The fourth-order valence-corrected chi connectivity index (χ4v) is 0.920. The van der Waals surface area contributed by atoms with E-state index in [1.54, 1.807) is 6.08 Å². The third-order valence-electron chi connectivity index (χ3n) is 1.60. The van der Waals surface area contributed by atoms with Crippen LogP contribution >= 0.6 is 8.58 Å². The lowest BCUT2D eigenvalue weighted by Gasteiger charge is -2.00. The summed E-state index contributed by atoms with van der Waals surface area (Å²) in [6.07, 6.45) is 6.61. The molecule has 90 valence electrons. The van der Waals surface area contributed by atoms with Crippen molar-refractivity contribution in [3.63, 3.8) is 0 Å². The number of ether oxygens (including phenoxy) is 1. The first-order chi connectivity index (χ1) is 7.22. The van der Waals surface area contributed by atoms with E-state index >= 15 is 0 Å². The lowest BCUT2D eigenvalue weighted by Crippen LogP contribution is -2.03. The molecule has 0 spiro atoms. The van der Waals surface area contributed by atoms with Gasteiger partial charge in [0.1, 0.15) is 6.61 Å². The van der Waals surface area contributed by atoms with Crippen molar-refractivity contribution in [1.29, 1.82) is 0 Å². The highest BCUT2D eigenvalue weighted by Gasteiger charge is 1.99. The van der Waals surface area contributed by atoms with Gasteiger partial charge in [0, 0.05) is 6.42 Å². The zero-order valence-electron chi connectivity index (χ0n) is 10.3. The molecule has 0 saturated heterocycles. The van der Waals surface area contributed by atoms with Gasteiger partial charge in [0.15, 0.2) is 0 Å². The fourth-order valence-electron chi connectivity index (χ4n) is 0.920. The van der Waals surface area contributed by atoms with Crippen LogP contribution in [0, 0.1) is 0 Å². The molecule has 0 radical (unpaired) electrons. The predicted octanol–water partition coefficient (Wildman–Crippen LogP) is 3.61. The maximum Gasteiger partial charge on any atom is 0.306 e. The summed E-state index contributed by atoms with van der Waals surface area (Å²) in [6.45, 7) is 10.3. The number of hydrogen-bond acceptors (Lipinski definition) is 2. The second-order valence-corrected chi connectivity index (χ2v) is 4.28. The van der Waals surface area contributed by atoms with Gasteiger partial charge in [0.05, 0.1) is 0 Å². The quantitative estimate of drug-likeness (QED) is 0.290. The van der Waals surface area contributed by atoms with Crippen molar-refractivity contribution >= 4 is 14.6 Å². The number of rotatable bonds is 7. The van der Waals surface area contributed by atoms with E-state index < -0.39 is 0 Å². The van der Waals surface area contributed by atoms with Crippen molar-refractivity contribution in [2.45, 2.75) is 39.0 Å². The molecule has 0 saturated carbocycles. The SMILES string of the molecule is C=CCOC(=O)CCCCCC.CPC. The van der Waals surface area contributed by atoms with Gasteiger partial charge in [0.25, 0.3) is 0 Å². The van der Waals surface area contributed by atoms with Gasteiger partial charge in [0.2, 0.25) is 0 Å². The molecule has 15 heavy (non-hydrogen) atoms. The second kappa shape index (κ2) is 16.1. The maximum atomic E-state index is 10.9. The van der Waals surface area contributed by atoms with Crippen LogP contribution in [0.1, 0.15) is 39.0 Å². The van der Waals surface area contributed by atoms with Gasteiger partial charge in [-0.15, -0.1) is 8.58 Å². The van der Waals surface area contributed by atoms with Gasteiger partial charge in [-0.05, 0) is 19.8 Å². The van der Waals surface area contributed by atoms with E-state index in [-0.39, 0.29) is 5.97 Å². The summed E-state index contributed by atoms with van der Waals surface area (Å²) in [7, 11) is 1.08. The summed E-state index contributed by atoms with van der Waals surface area (Å²) in [4.78, 5) is 10.9. The van der Waals surface area contributed by atoms with E-state index in [1.165, 1.54) is 12.8 Å². The zero-order valence-corrected chi connectivity index (χ0v) is 11.3. The van der Waals surface area contributed by atoms with Crippen LogP contribution in [0.3, 0.4) is 0 Å². The molecule has 0 aromatic carbocycles. The summed E-state index contributed by atoms with van der Waals surface area (Å²) in [5.41, 5.74) is 0. The summed E-state index contributed by atoms with van der Waals surface area (Å²) in [5.74, 6) is -0.106. The van der Waals surface area contributed by atoms with E-state index in [2.05, 4.69) is 26.8 Å². The summed E-state index contributed by atoms with van der Waals surface area (Å²) < 4.78 is 4.81. The molecule has 0 bridgehead atoms. The molecule has 0 unspecified atom stereocenters. The minimum atomic E-state index is -0.106. The molecule has 0 aliphatic heterocycles. The Balaban J connectivity index is 0. The molecule has 0 atom stereocenters. The molecule has 0 N–H and O–H groups in total. The van der Waals surface area contributed by atoms with E-state index in [4.69, 9.17) is 4.74 Å². The van der Waals surface area contributed by atoms with Crippen LogP contribution in [-0.4, -0.2) is 25.9 Å². The Kier molecular flexibility index (Phi) is 18.3. The number of esters is 1. The van der Waals surface area contributed by atoms with Crippen LogP contribution in [0.25, 0.3) is 0 Å². The van der Waals surface area contributed by atoms with Gasteiger partial charge in [-0.25, -0.2) is 0 Å².